The van der Waals surface area contributed by atoms with Gasteiger partial charge < -0.3 is 4.57 Å². The minimum atomic E-state index is 0.660. The minimum Gasteiger partial charge on any atom is -0.354 e. The Bertz CT molecular complexity index is 326. The third-order valence-electron chi connectivity index (χ3n) is 3.15. The zero-order valence-electron chi connectivity index (χ0n) is 11.2. The lowest BCUT2D eigenvalue weighted by atomic mass is 10.1. The van der Waals surface area contributed by atoms with Gasteiger partial charge in [-0.25, -0.2) is 0 Å². The first-order valence-corrected chi connectivity index (χ1v) is 7.05. The van der Waals surface area contributed by atoms with Crippen LogP contribution in [0.2, 0.25) is 0 Å². The SMILES string of the molecule is [N-]=[N+]=NCCCCCCCCCCn1cccc1. The van der Waals surface area contributed by atoms with Gasteiger partial charge in [-0.15, -0.1) is 0 Å². The molecule has 0 aliphatic heterocycles. The largest absolute Gasteiger partial charge is 0.354 e. The molecule has 1 aromatic heterocycles. The molecule has 1 rings (SSSR count). The summed E-state index contributed by atoms with van der Waals surface area (Å²) in [7, 11) is 0. The molecule has 0 radical (unpaired) electrons. The highest BCUT2D eigenvalue weighted by Gasteiger charge is 1.93. The number of aromatic nitrogens is 1. The third-order valence-corrected chi connectivity index (χ3v) is 3.15. The normalized spacial score (nSPS) is 10.2. The Balaban J connectivity index is 1.77. The second kappa shape index (κ2) is 10.7. The summed E-state index contributed by atoms with van der Waals surface area (Å²) < 4.78 is 2.25. The van der Waals surface area contributed by atoms with E-state index in [1.54, 1.807) is 0 Å². The van der Waals surface area contributed by atoms with Crippen molar-refractivity contribution in [1.29, 1.82) is 0 Å². The Morgan fingerprint density at radius 2 is 1.39 bits per heavy atom. The molecule has 0 amide bonds. The number of hydrogen-bond acceptors (Lipinski definition) is 1. The lowest BCUT2D eigenvalue weighted by molar-refractivity contribution is 0.542. The van der Waals surface area contributed by atoms with Crippen molar-refractivity contribution in [3.05, 3.63) is 35.0 Å². The van der Waals surface area contributed by atoms with Crippen molar-refractivity contribution in [1.82, 2.24) is 4.57 Å². The van der Waals surface area contributed by atoms with Crippen molar-refractivity contribution in [2.75, 3.05) is 6.54 Å². The molecule has 0 unspecified atom stereocenters. The Hall–Kier alpha value is -1.41. The zero-order chi connectivity index (χ0) is 12.9. The van der Waals surface area contributed by atoms with E-state index in [-0.39, 0.29) is 0 Å². The van der Waals surface area contributed by atoms with Crippen LogP contribution in [0.15, 0.2) is 29.6 Å². The van der Waals surface area contributed by atoms with E-state index in [4.69, 9.17) is 5.53 Å². The number of rotatable bonds is 11. The summed E-state index contributed by atoms with van der Waals surface area (Å²) in [5.74, 6) is 0. The lowest BCUT2D eigenvalue weighted by Crippen LogP contribution is -1.93. The molecule has 1 aromatic rings. The molecule has 0 aromatic carbocycles. The summed E-state index contributed by atoms with van der Waals surface area (Å²) in [6.45, 7) is 1.81. The number of unbranched alkanes of at least 4 members (excludes halogenated alkanes) is 7. The predicted octanol–water partition coefficient (Wildman–Crippen LogP) is 4.92. The molecule has 0 spiro atoms. The molecule has 0 aliphatic carbocycles. The van der Waals surface area contributed by atoms with E-state index in [2.05, 4.69) is 39.1 Å². The maximum atomic E-state index is 8.11. The van der Waals surface area contributed by atoms with Gasteiger partial charge in [-0.1, -0.05) is 43.6 Å². The molecule has 0 atom stereocenters. The fourth-order valence-corrected chi connectivity index (χ4v) is 2.10. The summed E-state index contributed by atoms with van der Waals surface area (Å²) in [4.78, 5) is 2.75. The van der Waals surface area contributed by atoms with Gasteiger partial charge in [0.15, 0.2) is 0 Å². The Labute approximate surface area is 110 Å². The van der Waals surface area contributed by atoms with E-state index in [1.165, 1.54) is 44.9 Å². The third kappa shape index (κ3) is 7.80. The standard InChI is InChI=1S/C14H24N4/c15-17-16-11-7-5-3-1-2-4-6-8-12-18-13-9-10-14-18/h9-10,13-14H,1-8,11-12H2. The Kier molecular flexibility index (Phi) is 8.73. The maximum Gasteiger partial charge on any atom is 0.0257 e. The average Bonchev–Trinajstić information content (AvgIpc) is 2.89. The number of azide groups is 1. The molecule has 0 aliphatic rings. The van der Waals surface area contributed by atoms with E-state index in [1.807, 2.05) is 0 Å². The fraction of sp³-hybridized carbons (Fsp3) is 0.714. The van der Waals surface area contributed by atoms with Gasteiger partial charge in [-0.05, 0) is 30.5 Å². The minimum absolute atomic E-state index is 0.660. The van der Waals surface area contributed by atoms with Gasteiger partial charge >= 0.3 is 0 Å². The topological polar surface area (TPSA) is 53.7 Å². The highest BCUT2D eigenvalue weighted by Crippen LogP contribution is 2.09. The van der Waals surface area contributed by atoms with E-state index in [0.717, 1.165) is 13.0 Å². The van der Waals surface area contributed by atoms with Gasteiger partial charge in [0, 0.05) is 30.4 Å². The highest BCUT2D eigenvalue weighted by molar-refractivity contribution is 4.89. The Morgan fingerprint density at radius 1 is 0.833 bits per heavy atom. The van der Waals surface area contributed by atoms with Crippen LogP contribution in [0.4, 0.5) is 0 Å². The quantitative estimate of drug-likeness (QED) is 0.231. The van der Waals surface area contributed by atoms with Crippen molar-refractivity contribution in [3.63, 3.8) is 0 Å². The van der Waals surface area contributed by atoms with Crippen LogP contribution in [0.25, 0.3) is 10.4 Å². The van der Waals surface area contributed by atoms with Crippen molar-refractivity contribution in [2.24, 2.45) is 5.11 Å². The van der Waals surface area contributed by atoms with E-state index >= 15 is 0 Å². The molecule has 18 heavy (non-hydrogen) atoms. The molecule has 0 bridgehead atoms. The van der Waals surface area contributed by atoms with Gasteiger partial charge in [0.2, 0.25) is 0 Å². The van der Waals surface area contributed by atoms with Crippen molar-refractivity contribution >= 4 is 0 Å². The van der Waals surface area contributed by atoms with Crippen molar-refractivity contribution < 1.29 is 0 Å². The van der Waals surface area contributed by atoms with Crippen molar-refractivity contribution in [2.45, 2.75) is 57.9 Å². The Morgan fingerprint density at radius 3 is 2.00 bits per heavy atom. The van der Waals surface area contributed by atoms with Gasteiger partial charge in [-0.2, -0.15) is 0 Å². The van der Waals surface area contributed by atoms with E-state index in [9.17, 15) is 0 Å². The van der Waals surface area contributed by atoms with Crippen LogP contribution in [-0.2, 0) is 6.54 Å². The molecule has 4 nitrogen and oxygen atoms in total. The maximum absolute atomic E-state index is 8.11. The van der Waals surface area contributed by atoms with Gasteiger partial charge in [0.25, 0.3) is 0 Å². The van der Waals surface area contributed by atoms with Gasteiger partial charge in [0.05, 0.1) is 0 Å². The highest BCUT2D eigenvalue weighted by atomic mass is 15.1. The summed E-state index contributed by atoms with van der Waals surface area (Å²) in [5.41, 5.74) is 8.11. The monoisotopic (exact) mass is 248 g/mol. The van der Waals surface area contributed by atoms with Crippen LogP contribution < -0.4 is 0 Å². The summed E-state index contributed by atoms with van der Waals surface area (Å²) >= 11 is 0. The smallest absolute Gasteiger partial charge is 0.0257 e. The average molecular weight is 248 g/mol. The van der Waals surface area contributed by atoms with Crippen LogP contribution in [0.5, 0.6) is 0 Å². The molecule has 0 N–H and O–H groups in total. The van der Waals surface area contributed by atoms with Gasteiger partial charge in [0.1, 0.15) is 0 Å². The summed E-state index contributed by atoms with van der Waals surface area (Å²) in [6.07, 6.45) is 14.4. The first kappa shape index (κ1) is 14.7. The molecular weight excluding hydrogens is 224 g/mol. The van der Waals surface area contributed by atoms with Crippen LogP contribution in [0.1, 0.15) is 51.4 Å². The molecule has 100 valence electrons. The first-order chi connectivity index (χ1) is 8.93. The van der Waals surface area contributed by atoms with E-state index in [0.29, 0.717) is 6.54 Å². The summed E-state index contributed by atoms with van der Waals surface area (Å²) in [6, 6.07) is 4.16. The van der Waals surface area contributed by atoms with Crippen LogP contribution >= 0.6 is 0 Å². The molecule has 0 saturated carbocycles. The van der Waals surface area contributed by atoms with Crippen LogP contribution in [0, 0.1) is 0 Å². The summed E-state index contributed by atoms with van der Waals surface area (Å²) in [5, 5.41) is 3.53. The van der Waals surface area contributed by atoms with Gasteiger partial charge in [-0.3, -0.25) is 0 Å². The molecular formula is C14H24N4. The second-order valence-corrected chi connectivity index (χ2v) is 4.70. The molecule has 1 heterocycles. The van der Waals surface area contributed by atoms with Crippen molar-refractivity contribution in [3.8, 4) is 0 Å². The van der Waals surface area contributed by atoms with Crippen LogP contribution in [-0.4, -0.2) is 11.1 Å². The fourth-order valence-electron chi connectivity index (χ4n) is 2.10. The number of hydrogen-bond donors (Lipinski definition) is 0. The molecule has 0 fully saturated rings. The first-order valence-electron chi connectivity index (χ1n) is 7.05. The number of aryl methyl sites for hydroxylation is 1. The zero-order valence-corrected chi connectivity index (χ0v) is 11.2. The predicted molar refractivity (Wildman–Crippen MR) is 75.4 cm³/mol. The molecule has 0 saturated heterocycles. The second-order valence-electron chi connectivity index (χ2n) is 4.70. The van der Waals surface area contributed by atoms with Crippen LogP contribution in [0.3, 0.4) is 0 Å². The molecule has 4 heteroatoms. The lowest BCUT2D eigenvalue weighted by Gasteiger charge is -2.03. The number of nitrogens with zero attached hydrogens (tertiary/aromatic N) is 4. The van der Waals surface area contributed by atoms with E-state index < -0.39 is 0 Å².